The van der Waals surface area contributed by atoms with Gasteiger partial charge in [-0.25, -0.2) is 9.37 Å². The van der Waals surface area contributed by atoms with Gasteiger partial charge in [-0.2, -0.15) is 0 Å². The fraction of sp³-hybridized carbons (Fsp3) is 0.409. The van der Waals surface area contributed by atoms with Crippen LogP contribution in [0.25, 0.3) is 11.0 Å². The van der Waals surface area contributed by atoms with Crippen LogP contribution in [0.15, 0.2) is 42.7 Å². The average molecular weight is 382 g/mol. The van der Waals surface area contributed by atoms with Crippen LogP contribution in [0.2, 0.25) is 0 Å². The fourth-order valence-electron chi connectivity index (χ4n) is 3.88. The van der Waals surface area contributed by atoms with Gasteiger partial charge >= 0.3 is 0 Å². The smallest absolute Gasteiger partial charge is 0.123 e. The second-order valence-electron chi connectivity index (χ2n) is 7.74. The van der Waals surface area contributed by atoms with Crippen LogP contribution in [0.5, 0.6) is 0 Å². The third-order valence-corrected chi connectivity index (χ3v) is 5.68. The second-order valence-corrected chi connectivity index (χ2v) is 7.74. The highest BCUT2D eigenvalue weighted by atomic mass is 19.1. The number of β-amino-alcohol motifs (C(OH)–C–C–N with tert-alkyl or cyclic N) is 1. The molecule has 6 heteroatoms. The molecule has 0 radical (unpaired) electrons. The van der Waals surface area contributed by atoms with Crippen molar-refractivity contribution in [2.45, 2.75) is 26.5 Å². The van der Waals surface area contributed by atoms with Crippen LogP contribution in [0.1, 0.15) is 11.1 Å². The van der Waals surface area contributed by atoms with E-state index in [0.717, 1.165) is 42.9 Å². The summed E-state index contributed by atoms with van der Waals surface area (Å²) < 4.78 is 15.1. The van der Waals surface area contributed by atoms with Gasteiger partial charge in [0, 0.05) is 38.4 Å². The van der Waals surface area contributed by atoms with Crippen molar-refractivity contribution < 1.29 is 9.50 Å². The van der Waals surface area contributed by atoms with Crippen LogP contribution in [0.4, 0.5) is 10.1 Å². The van der Waals surface area contributed by atoms with Gasteiger partial charge in [0.2, 0.25) is 0 Å². The Morgan fingerprint density at radius 1 is 1.00 bits per heavy atom. The minimum Gasteiger partial charge on any atom is -0.390 e. The summed E-state index contributed by atoms with van der Waals surface area (Å²) in [6.45, 7) is 8.90. The van der Waals surface area contributed by atoms with Gasteiger partial charge in [-0.1, -0.05) is 0 Å². The lowest BCUT2D eigenvalue weighted by Gasteiger charge is -2.37. The maximum atomic E-state index is 13.1. The lowest BCUT2D eigenvalue weighted by atomic mass is 10.1. The molecule has 2 heterocycles. The molecule has 0 spiro atoms. The summed E-state index contributed by atoms with van der Waals surface area (Å²) in [5.74, 6) is -0.206. The first-order chi connectivity index (χ1) is 13.5. The quantitative estimate of drug-likeness (QED) is 0.737. The molecular formula is C22H27FN4O. The van der Waals surface area contributed by atoms with E-state index >= 15 is 0 Å². The molecule has 1 fully saturated rings. The molecule has 1 aromatic heterocycles. The third-order valence-electron chi connectivity index (χ3n) is 5.68. The predicted octanol–water partition coefficient (Wildman–Crippen LogP) is 2.98. The molecule has 0 aliphatic carbocycles. The number of aryl methyl sites for hydroxylation is 2. The number of hydrogen-bond acceptors (Lipinski definition) is 4. The maximum Gasteiger partial charge on any atom is 0.123 e. The van der Waals surface area contributed by atoms with Crippen LogP contribution < -0.4 is 4.90 Å². The third kappa shape index (κ3) is 4.03. The average Bonchev–Trinajstić information content (AvgIpc) is 3.05. The lowest BCUT2D eigenvalue weighted by Crippen LogP contribution is -2.49. The minimum absolute atomic E-state index is 0.206. The first kappa shape index (κ1) is 18.9. The Balaban J connectivity index is 1.33. The number of aromatic nitrogens is 2. The van der Waals surface area contributed by atoms with Crippen LogP contribution in [0.3, 0.4) is 0 Å². The number of aliphatic hydroxyl groups excluding tert-OH is 1. The first-order valence-electron chi connectivity index (χ1n) is 9.82. The number of piperazine rings is 1. The lowest BCUT2D eigenvalue weighted by molar-refractivity contribution is 0.0959. The van der Waals surface area contributed by atoms with Crippen LogP contribution >= 0.6 is 0 Å². The molecule has 1 aliphatic rings. The number of fused-ring (bicyclic) bond motifs is 1. The van der Waals surface area contributed by atoms with Crippen molar-refractivity contribution >= 4 is 16.7 Å². The number of benzene rings is 2. The van der Waals surface area contributed by atoms with Crippen molar-refractivity contribution in [3.05, 3.63) is 59.7 Å². The molecule has 2 aromatic carbocycles. The summed E-state index contributed by atoms with van der Waals surface area (Å²) in [6, 6.07) is 10.9. The number of hydrogen-bond donors (Lipinski definition) is 1. The van der Waals surface area contributed by atoms with E-state index in [1.807, 2.05) is 23.0 Å². The van der Waals surface area contributed by atoms with Crippen molar-refractivity contribution in [1.29, 1.82) is 0 Å². The molecule has 1 N–H and O–H groups in total. The Hall–Kier alpha value is -2.44. The molecule has 0 amide bonds. The largest absolute Gasteiger partial charge is 0.390 e. The van der Waals surface area contributed by atoms with Crippen molar-refractivity contribution in [2.75, 3.05) is 37.6 Å². The van der Waals surface area contributed by atoms with E-state index in [1.165, 1.54) is 23.3 Å². The summed E-state index contributed by atoms with van der Waals surface area (Å²) in [7, 11) is 0. The van der Waals surface area contributed by atoms with Gasteiger partial charge in [-0.05, 0) is 61.4 Å². The molecule has 0 saturated carbocycles. The molecule has 4 rings (SSSR count). The zero-order chi connectivity index (χ0) is 19.7. The molecule has 1 aliphatic heterocycles. The number of rotatable bonds is 5. The van der Waals surface area contributed by atoms with Gasteiger partial charge in [0.15, 0.2) is 0 Å². The van der Waals surface area contributed by atoms with Gasteiger partial charge in [0.05, 0.1) is 30.0 Å². The van der Waals surface area contributed by atoms with E-state index in [2.05, 4.69) is 40.8 Å². The molecular weight excluding hydrogens is 355 g/mol. The Morgan fingerprint density at radius 3 is 2.39 bits per heavy atom. The molecule has 148 valence electrons. The van der Waals surface area contributed by atoms with Gasteiger partial charge in [-0.15, -0.1) is 0 Å². The standard InChI is InChI=1S/C22H27FN4O/c1-16-11-21-22(12-17(16)2)27(15-24-21)14-20(28)13-25-7-9-26(10-8-25)19-5-3-18(23)4-6-19/h3-6,11-12,15,20,28H,7-10,13-14H2,1-2H3. The molecule has 28 heavy (non-hydrogen) atoms. The Labute approximate surface area is 165 Å². The van der Waals surface area contributed by atoms with Crippen molar-refractivity contribution in [3.8, 4) is 0 Å². The Kier molecular flexibility index (Phi) is 5.33. The molecule has 3 aromatic rings. The summed E-state index contributed by atoms with van der Waals surface area (Å²) in [5, 5.41) is 10.6. The highest BCUT2D eigenvalue weighted by molar-refractivity contribution is 5.77. The molecule has 1 unspecified atom stereocenters. The van der Waals surface area contributed by atoms with Crippen molar-refractivity contribution in [3.63, 3.8) is 0 Å². The molecule has 1 atom stereocenters. The number of nitrogens with zero attached hydrogens (tertiary/aromatic N) is 4. The minimum atomic E-state index is -0.448. The highest BCUT2D eigenvalue weighted by Gasteiger charge is 2.20. The van der Waals surface area contributed by atoms with Crippen molar-refractivity contribution in [1.82, 2.24) is 14.5 Å². The van der Waals surface area contributed by atoms with Crippen LogP contribution in [0, 0.1) is 19.7 Å². The maximum absolute atomic E-state index is 13.1. The summed E-state index contributed by atoms with van der Waals surface area (Å²) in [5.41, 5.74) is 5.57. The van der Waals surface area contributed by atoms with E-state index in [-0.39, 0.29) is 5.82 Å². The van der Waals surface area contributed by atoms with Gasteiger partial charge in [-0.3, -0.25) is 4.90 Å². The number of halogens is 1. The summed E-state index contributed by atoms with van der Waals surface area (Å²) in [6.07, 6.45) is 1.37. The van der Waals surface area contributed by atoms with Crippen molar-refractivity contribution in [2.24, 2.45) is 0 Å². The fourth-order valence-corrected chi connectivity index (χ4v) is 3.88. The van der Waals surface area contributed by atoms with E-state index in [9.17, 15) is 9.50 Å². The summed E-state index contributed by atoms with van der Waals surface area (Å²) >= 11 is 0. The second kappa shape index (κ2) is 7.89. The summed E-state index contributed by atoms with van der Waals surface area (Å²) in [4.78, 5) is 9.03. The zero-order valence-corrected chi connectivity index (χ0v) is 16.5. The molecule has 5 nitrogen and oxygen atoms in total. The Morgan fingerprint density at radius 2 is 1.68 bits per heavy atom. The van der Waals surface area contributed by atoms with E-state index in [0.29, 0.717) is 13.1 Å². The van der Waals surface area contributed by atoms with E-state index in [4.69, 9.17) is 0 Å². The number of aliphatic hydroxyl groups is 1. The first-order valence-corrected chi connectivity index (χ1v) is 9.82. The molecule has 0 bridgehead atoms. The molecule has 1 saturated heterocycles. The van der Waals surface area contributed by atoms with E-state index < -0.39 is 6.10 Å². The monoisotopic (exact) mass is 382 g/mol. The van der Waals surface area contributed by atoms with Gasteiger partial charge in [0.25, 0.3) is 0 Å². The van der Waals surface area contributed by atoms with Crippen LogP contribution in [-0.4, -0.2) is 58.4 Å². The zero-order valence-electron chi connectivity index (χ0n) is 16.5. The van der Waals surface area contributed by atoms with E-state index in [1.54, 1.807) is 0 Å². The van der Waals surface area contributed by atoms with Gasteiger partial charge < -0.3 is 14.6 Å². The normalized spacial score (nSPS) is 16.6. The van der Waals surface area contributed by atoms with Crippen LogP contribution in [-0.2, 0) is 6.54 Å². The Bertz CT molecular complexity index is 945. The number of imidazole rings is 1. The number of anilines is 1. The topological polar surface area (TPSA) is 44.5 Å². The van der Waals surface area contributed by atoms with Gasteiger partial charge in [0.1, 0.15) is 5.82 Å². The SMILES string of the molecule is Cc1cc2ncn(CC(O)CN3CCN(c4ccc(F)cc4)CC3)c2cc1C. The predicted molar refractivity (Wildman–Crippen MR) is 110 cm³/mol. The highest BCUT2D eigenvalue weighted by Crippen LogP contribution is 2.20.